The van der Waals surface area contributed by atoms with E-state index in [0.717, 1.165) is 31.2 Å². The molecule has 0 saturated carbocycles. The number of hydrogen-bond donors (Lipinski definition) is 0. The first-order chi connectivity index (χ1) is 10.8. The van der Waals surface area contributed by atoms with Gasteiger partial charge in [-0.3, -0.25) is 4.90 Å². The summed E-state index contributed by atoms with van der Waals surface area (Å²) in [5, 5.41) is 0. The maximum absolute atomic E-state index is 13.1. The Morgan fingerprint density at radius 1 is 1.30 bits per heavy atom. The lowest BCUT2D eigenvalue weighted by Crippen LogP contribution is -2.43. The van der Waals surface area contributed by atoms with E-state index in [2.05, 4.69) is 0 Å². The molecule has 3 rings (SSSR count). The fraction of sp³-hybridized carbons (Fsp3) is 0.562. The minimum absolute atomic E-state index is 0.100. The highest BCUT2D eigenvalue weighted by atomic mass is 19.1. The van der Waals surface area contributed by atoms with Gasteiger partial charge in [0.1, 0.15) is 24.0 Å². The molecule has 0 spiro atoms. The maximum atomic E-state index is 13.1. The largest absolute Gasteiger partial charge is 0.444 e. The van der Waals surface area contributed by atoms with Gasteiger partial charge < -0.3 is 14.2 Å². The average molecular weight is 327 g/mol. The van der Waals surface area contributed by atoms with Crippen molar-refractivity contribution in [3.05, 3.63) is 35.4 Å². The number of benzene rings is 1. The summed E-state index contributed by atoms with van der Waals surface area (Å²) in [4.78, 5) is 13.7. The summed E-state index contributed by atoms with van der Waals surface area (Å²) in [7, 11) is 0. The van der Waals surface area contributed by atoms with Gasteiger partial charge in [0.25, 0.3) is 0 Å². The second kappa shape index (κ2) is 6.05. The number of carbonyl (C=O) groups is 1. The van der Waals surface area contributed by atoms with Crippen LogP contribution in [0.2, 0.25) is 0 Å². The Bertz CT molecular complexity index is 583. The van der Waals surface area contributed by atoms with E-state index in [0.29, 0.717) is 6.54 Å². The number of amides is 1. The topological polar surface area (TPSA) is 51.3 Å². The molecule has 2 atom stereocenters. The Morgan fingerprint density at radius 2 is 1.96 bits per heavy atom. The summed E-state index contributed by atoms with van der Waals surface area (Å²) >= 11 is 0. The molecular weight excluding hydrogens is 308 g/mol. The van der Waals surface area contributed by atoms with Crippen LogP contribution in [0.4, 0.5) is 13.6 Å². The number of nitrogens with zero attached hydrogens (tertiary/aromatic N) is 1. The molecule has 0 aliphatic carbocycles. The van der Waals surface area contributed by atoms with Crippen molar-refractivity contribution < 1.29 is 27.8 Å². The molecule has 0 bridgehead atoms. The summed E-state index contributed by atoms with van der Waals surface area (Å²) in [6.07, 6.45) is 0.278. The first kappa shape index (κ1) is 16.1. The SMILES string of the molecule is CC1(C)OC(C[C@H]2CO2)CN1C(=O)OCc1cc(F)cc(F)c1. The molecule has 0 aromatic heterocycles. The molecule has 23 heavy (non-hydrogen) atoms. The van der Waals surface area contributed by atoms with E-state index < -0.39 is 23.5 Å². The van der Waals surface area contributed by atoms with Crippen LogP contribution in [0.15, 0.2) is 18.2 Å². The van der Waals surface area contributed by atoms with Gasteiger partial charge >= 0.3 is 6.09 Å². The van der Waals surface area contributed by atoms with Gasteiger partial charge in [-0.2, -0.15) is 0 Å². The van der Waals surface area contributed by atoms with E-state index in [1.54, 1.807) is 13.8 Å². The lowest BCUT2D eigenvalue weighted by atomic mass is 10.2. The van der Waals surface area contributed by atoms with E-state index in [9.17, 15) is 13.6 Å². The van der Waals surface area contributed by atoms with Crippen molar-refractivity contribution in [1.29, 1.82) is 0 Å². The lowest BCUT2D eigenvalue weighted by molar-refractivity contribution is -0.0728. The Labute approximate surface area is 133 Å². The van der Waals surface area contributed by atoms with Crippen LogP contribution in [-0.2, 0) is 20.8 Å². The van der Waals surface area contributed by atoms with Crippen molar-refractivity contribution in [3.8, 4) is 0 Å². The fourth-order valence-corrected chi connectivity index (χ4v) is 2.76. The minimum Gasteiger partial charge on any atom is -0.444 e. The van der Waals surface area contributed by atoms with Gasteiger partial charge in [-0.1, -0.05) is 0 Å². The van der Waals surface area contributed by atoms with Crippen molar-refractivity contribution in [2.24, 2.45) is 0 Å². The van der Waals surface area contributed by atoms with E-state index in [1.165, 1.54) is 4.90 Å². The number of hydrogen-bond acceptors (Lipinski definition) is 4. The van der Waals surface area contributed by atoms with Gasteiger partial charge in [-0.25, -0.2) is 13.6 Å². The van der Waals surface area contributed by atoms with Crippen molar-refractivity contribution in [2.75, 3.05) is 13.2 Å². The van der Waals surface area contributed by atoms with Gasteiger partial charge in [-0.05, 0) is 31.5 Å². The fourth-order valence-electron chi connectivity index (χ4n) is 2.76. The van der Waals surface area contributed by atoms with Crippen LogP contribution in [0.3, 0.4) is 0 Å². The van der Waals surface area contributed by atoms with Gasteiger partial charge in [0.05, 0.1) is 25.4 Å². The predicted octanol–water partition coefficient (Wildman–Crippen LogP) is 2.83. The van der Waals surface area contributed by atoms with E-state index >= 15 is 0 Å². The molecule has 1 aromatic carbocycles. The highest BCUT2D eigenvalue weighted by Crippen LogP contribution is 2.31. The number of rotatable bonds is 4. The second-order valence-electron chi connectivity index (χ2n) is 6.32. The van der Waals surface area contributed by atoms with Crippen LogP contribution in [-0.4, -0.2) is 42.1 Å². The number of ether oxygens (including phenoxy) is 3. The average Bonchev–Trinajstić information content (AvgIpc) is 3.18. The molecule has 1 aromatic rings. The van der Waals surface area contributed by atoms with E-state index in [-0.39, 0.29) is 24.4 Å². The molecule has 126 valence electrons. The first-order valence-electron chi connectivity index (χ1n) is 7.52. The first-order valence-corrected chi connectivity index (χ1v) is 7.52. The molecule has 5 nitrogen and oxygen atoms in total. The molecule has 1 unspecified atom stereocenters. The van der Waals surface area contributed by atoms with E-state index in [4.69, 9.17) is 14.2 Å². The molecule has 2 fully saturated rings. The van der Waals surface area contributed by atoms with Gasteiger partial charge in [0.2, 0.25) is 0 Å². The Hall–Kier alpha value is -1.73. The molecule has 0 radical (unpaired) electrons. The van der Waals surface area contributed by atoms with Crippen LogP contribution in [0.25, 0.3) is 0 Å². The third kappa shape index (κ3) is 3.97. The summed E-state index contributed by atoms with van der Waals surface area (Å²) in [5.41, 5.74) is -0.527. The van der Waals surface area contributed by atoms with Crippen LogP contribution in [0.1, 0.15) is 25.8 Å². The zero-order valence-electron chi connectivity index (χ0n) is 13.1. The third-order valence-electron chi connectivity index (χ3n) is 3.92. The van der Waals surface area contributed by atoms with Crippen LogP contribution < -0.4 is 0 Å². The molecular formula is C16H19F2NO4. The summed E-state index contributed by atoms with van der Waals surface area (Å²) in [5.74, 6) is -1.41. The Kier molecular flexibility index (Phi) is 4.25. The quantitative estimate of drug-likeness (QED) is 0.798. The highest BCUT2D eigenvalue weighted by molar-refractivity contribution is 5.68. The normalized spacial score (nSPS) is 25.5. The molecule has 1 amide bonds. The van der Waals surface area contributed by atoms with Crippen LogP contribution >= 0.6 is 0 Å². The van der Waals surface area contributed by atoms with E-state index in [1.807, 2.05) is 0 Å². The van der Waals surface area contributed by atoms with Crippen molar-refractivity contribution in [3.63, 3.8) is 0 Å². The smallest absolute Gasteiger partial charge is 0.412 e. The zero-order chi connectivity index (χ0) is 16.6. The zero-order valence-corrected chi connectivity index (χ0v) is 13.1. The highest BCUT2D eigenvalue weighted by Gasteiger charge is 2.45. The third-order valence-corrected chi connectivity index (χ3v) is 3.92. The number of epoxide rings is 1. The molecule has 2 aliphatic heterocycles. The molecule has 2 heterocycles. The van der Waals surface area contributed by atoms with Gasteiger partial charge in [-0.15, -0.1) is 0 Å². The monoisotopic (exact) mass is 327 g/mol. The van der Waals surface area contributed by atoms with Crippen LogP contribution in [0, 0.1) is 11.6 Å². The van der Waals surface area contributed by atoms with Crippen LogP contribution in [0.5, 0.6) is 0 Å². The molecule has 2 saturated heterocycles. The standard InChI is InChI=1S/C16H19F2NO4/c1-16(2)19(7-13(23-16)6-14-9-21-14)15(20)22-8-10-3-11(17)5-12(18)4-10/h3-5,13-14H,6-9H2,1-2H3/t13?,14-/m0/s1. The number of halogens is 2. The summed E-state index contributed by atoms with van der Waals surface area (Å²) < 4.78 is 42.5. The lowest BCUT2D eigenvalue weighted by Gasteiger charge is -2.28. The summed E-state index contributed by atoms with van der Waals surface area (Å²) in [6.45, 7) is 4.50. The summed E-state index contributed by atoms with van der Waals surface area (Å²) in [6, 6.07) is 3.04. The van der Waals surface area contributed by atoms with Crippen molar-refractivity contribution in [2.45, 2.75) is 44.8 Å². The molecule has 0 N–H and O–H groups in total. The Morgan fingerprint density at radius 3 is 2.57 bits per heavy atom. The van der Waals surface area contributed by atoms with Crippen molar-refractivity contribution in [1.82, 2.24) is 4.90 Å². The van der Waals surface area contributed by atoms with Crippen molar-refractivity contribution >= 4 is 6.09 Å². The Balaban J connectivity index is 1.58. The second-order valence-corrected chi connectivity index (χ2v) is 6.32. The molecule has 7 heteroatoms. The van der Waals surface area contributed by atoms with Gasteiger partial charge in [0, 0.05) is 12.5 Å². The predicted molar refractivity (Wildman–Crippen MR) is 76.6 cm³/mol. The molecule has 2 aliphatic rings. The number of carbonyl (C=O) groups excluding carboxylic acids is 1. The maximum Gasteiger partial charge on any atom is 0.412 e. The minimum atomic E-state index is -0.788. The van der Waals surface area contributed by atoms with Gasteiger partial charge in [0.15, 0.2) is 0 Å².